The Morgan fingerprint density at radius 2 is 2.05 bits per heavy atom. The SMILES string of the molecule is CC1Nc2ccc(Br)cc2C(=O)N1C1CCC(=O)NC1=O. The lowest BCUT2D eigenvalue weighted by atomic mass is 10.00. The number of amides is 3. The van der Waals surface area contributed by atoms with E-state index in [1.807, 2.05) is 19.1 Å². The molecule has 1 fully saturated rings. The van der Waals surface area contributed by atoms with E-state index in [-0.39, 0.29) is 24.4 Å². The standard InChI is InChI=1S/C14H14BrN3O3/c1-7-16-10-3-2-8(15)6-9(10)14(21)18(7)11-4-5-12(19)17-13(11)20/h2-3,6-7,11,16H,4-5H2,1H3,(H,17,19,20). The summed E-state index contributed by atoms with van der Waals surface area (Å²) in [6.45, 7) is 1.83. The Bertz CT molecular complexity index is 646. The van der Waals surface area contributed by atoms with Crippen LogP contribution in [0, 0.1) is 0 Å². The predicted octanol–water partition coefficient (Wildman–Crippen LogP) is 1.47. The van der Waals surface area contributed by atoms with Crippen molar-refractivity contribution >= 4 is 39.3 Å². The molecule has 3 rings (SSSR count). The maximum Gasteiger partial charge on any atom is 0.258 e. The minimum atomic E-state index is -0.621. The number of nitrogens with zero attached hydrogens (tertiary/aromatic N) is 1. The van der Waals surface area contributed by atoms with Gasteiger partial charge in [-0.15, -0.1) is 0 Å². The maximum absolute atomic E-state index is 12.7. The molecule has 0 bridgehead atoms. The number of benzene rings is 1. The van der Waals surface area contributed by atoms with Crippen LogP contribution < -0.4 is 10.6 Å². The quantitative estimate of drug-likeness (QED) is 0.751. The number of piperidine rings is 1. The minimum absolute atomic E-state index is 0.202. The number of carbonyl (C=O) groups is 3. The molecule has 0 aromatic heterocycles. The van der Waals surface area contributed by atoms with Gasteiger partial charge in [-0.2, -0.15) is 0 Å². The summed E-state index contributed by atoms with van der Waals surface area (Å²) in [5, 5.41) is 5.51. The molecule has 2 N–H and O–H groups in total. The van der Waals surface area contributed by atoms with Crippen molar-refractivity contribution < 1.29 is 14.4 Å². The van der Waals surface area contributed by atoms with Gasteiger partial charge in [0.2, 0.25) is 11.8 Å². The zero-order valence-electron chi connectivity index (χ0n) is 11.4. The molecule has 0 aliphatic carbocycles. The lowest BCUT2D eigenvalue weighted by Crippen LogP contribution is -2.60. The third-order valence-electron chi connectivity index (χ3n) is 3.77. The summed E-state index contributed by atoms with van der Waals surface area (Å²) in [5.41, 5.74) is 1.27. The fourth-order valence-electron chi connectivity index (χ4n) is 2.79. The zero-order chi connectivity index (χ0) is 15.1. The highest BCUT2D eigenvalue weighted by atomic mass is 79.9. The Morgan fingerprint density at radius 3 is 2.76 bits per heavy atom. The van der Waals surface area contributed by atoms with Crippen LogP contribution >= 0.6 is 15.9 Å². The molecule has 110 valence electrons. The summed E-state index contributed by atoms with van der Waals surface area (Å²) >= 11 is 3.35. The van der Waals surface area contributed by atoms with Gasteiger partial charge in [-0.25, -0.2) is 0 Å². The van der Waals surface area contributed by atoms with E-state index in [1.54, 1.807) is 6.07 Å². The topological polar surface area (TPSA) is 78.5 Å². The smallest absolute Gasteiger partial charge is 0.258 e. The Balaban J connectivity index is 1.95. The Morgan fingerprint density at radius 1 is 1.29 bits per heavy atom. The fraction of sp³-hybridized carbons (Fsp3) is 0.357. The molecule has 0 saturated carbocycles. The van der Waals surface area contributed by atoms with Gasteiger partial charge in [-0.05, 0) is 31.5 Å². The summed E-state index contributed by atoms with van der Waals surface area (Å²) in [6, 6.07) is 4.79. The largest absolute Gasteiger partial charge is 0.365 e. The number of rotatable bonds is 1. The van der Waals surface area contributed by atoms with Gasteiger partial charge in [0.05, 0.1) is 11.7 Å². The van der Waals surface area contributed by atoms with E-state index >= 15 is 0 Å². The number of imide groups is 1. The third kappa shape index (κ3) is 2.42. The summed E-state index contributed by atoms with van der Waals surface area (Å²) in [5.74, 6) is -0.900. The molecule has 2 heterocycles. The first-order valence-corrected chi connectivity index (χ1v) is 7.49. The molecule has 0 radical (unpaired) electrons. The molecular weight excluding hydrogens is 338 g/mol. The van der Waals surface area contributed by atoms with Crippen molar-refractivity contribution in [3.05, 3.63) is 28.2 Å². The summed E-state index contributed by atoms with van der Waals surface area (Å²) in [6.07, 6.45) is 0.291. The van der Waals surface area contributed by atoms with Gasteiger partial charge in [0, 0.05) is 16.6 Å². The van der Waals surface area contributed by atoms with Gasteiger partial charge >= 0.3 is 0 Å². The molecule has 0 spiro atoms. The molecule has 3 amide bonds. The fourth-order valence-corrected chi connectivity index (χ4v) is 3.15. The van der Waals surface area contributed by atoms with Gasteiger partial charge in [0.25, 0.3) is 5.91 Å². The Hall–Kier alpha value is -1.89. The number of carbonyl (C=O) groups excluding carboxylic acids is 3. The second kappa shape index (κ2) is 5.14. The highest BCUT2D eigenvalue weighted by molar-refractivity contribution is 9.10. The van der Waals surface area contributed by atoms with Crippen molar-refractivity contribution in [2.75, 3.05) is 5.32 Å². The van der Waals surface area contributed by atoms with Crippen molar-refractivity contribution in [3.8, 4) is 0 Å². The molecule has 2 aliphatic heterocycles. The second-order valence-electron chi connectivity index (χ2n) is 5.19. The summed E-state index contributed by atoms with van der Waals surface area (Å²) in [7, 11) is 0. The monoisotopic (exact) mass is 351 g/mol. The van der Waals surface area contributed by atoms with Crippen molar-refractivity contribution in [1.29, 1.82) is 0 Å². The molecule has 2 unspecified atom stereocenters. The number of hydrogen-bond acceptors (Lipinski definition) is 4. The van der Waals surface area contributed by atoms with Gasteiger partial charge in [-0.3, -0.25) is 19.7 Å². The van der Waals surface area contributed by atoms with Crippen molar-refractivity contribution in [2.45, 2.75) is 32.0 Å². The number of fused-ring (bicyclic) bond motifs is 1. The van der Waals surface area contributed by atoms with E-state index < -0.39 is 11.9 Å². The average molecular weight is 352 g/mol. The summed E-state index contributed by atoms with van der Waals surface area (Å²) < 4.78 is 0.800. The van der Waals surface area contributed by atoms with Gasteiger partial charge in [0.1, 0.15) is 6.04 Å². The number of anilines is 1. The Kier molecular flexibility index (Phi) is 3.44. The van der Waals surface area contributed by atoms with Crippen LogP contribution in [0.15, 0.2) is 22.7 Å². The highest BCUT2D eigenvalue weighted by Crippen LogP contribution is 2.30. The third-order valence-corrected chi connectivity index (χ3v) is 4.27. The minimum Gasteiger partial charge on any atom is -0.365 e. The molecule has 7 heteroatoms. The Labute approximate surface area is 130 Å². The molecule has 6 nitrogen and oxygen atoms in total. The van der Waals surface area contributed by atoms with E-state index in [9.17, 15) is 14.4 Å². The first kappa shape index (κ1) is 14.1. The van der Waals surface area contributed by atoms with Crippen molar-refractivity contribution in [1.82, 2.24) is 10.2 Å². The van der Waals surface area contributed by atoms with Crippen LogP contribution in [0.25, 0.3) is 0 Å². The zero-order valence-corrected chi connectivity index (χ0v) is 12.9. The van der Waals surface area contributed by atoms with Gasteiger partial charge < -0.3 is 10.2 Å². The first-order chi connectivity index (χ1) is 9.97. The van der Waals surface area contributed by atoms with Crippen LogP contribution in [0.1, 0.15) is 30.1 Å². The van der Waals surface area contributed by atoms with Crippen LogP contribution in [0.5, 0.6) is 0 Å². The van der Waals surface area contributed by atoms with Crippen LogP contribution in [0.4, 0.5) is 5.69 Å². The van der Waals surface area contributed by atoms with E-state index in [1.165, 1.54) is 4.90 Å². The van der Waals surface area contributed by atoms with E-state index in [4.69, 9.17) is 0 Å². The van der Waals surface area contributed by atoms with Gasteiger partial charge in [0.15, 0.2) is 0 Å². The maximum atomic E-state index is 12.7. The average Bonchev–Trinajstić information content (AvgIpc) is 2.42. The molecule has 1 saturated heterocycles. The molecule has 21 heavy (non-hydrogen) atoms. The van der Waals surface area contributed by atoms with E-state index in [0.717, 1.165) is 10.2 Å². The molecule has 2 atom stereocenters. The van der Waals surface area contributed by atoms with E-state index in [2.05, 4.69) is 26.6 Å². The van der Waals surface area contributed by atoms with Crippen LogP contribution in [0.3, 0.4) is 0 Å². The number of halogens is 1. The normalized spacial score (nSPS) is 25.2. The van der Waals surface area contributed by atoms with Gasteiger partial charge in [-0.1, -0.05) is 15.9 Å². The number of nitrogens with one attached hydrogen (secondary N) is 2. The highest BCUT2D eigenvalue weighted by Gasteiger charge is 2.40. The van der Waals surface area contributed by atoms with Crippen molar-refractivity contribution in [3.63, 3.8) is 0 Å². The molecular formula is C14H14BrN3O3. The number of hydrogen-bond donors (Lipinski definition) is 2. The lowest BCUT2D eigenvalue weighted by molar-refractivity contribution is -0.137. The van der Waals surface area contributed by atoms with Crippen molar-refractivity contribution in [2.24, 2.45) is 0 Å². The molecule has 2 aliphatic rings. The van der Waals surface area contributed by atoms with Crippen LogP contribution in [-0.4, -0.2) is 34.8 Å². The van der Waals surface area contributed by atoms with Crippen LogP contribution in [-0.2, 0) is 9.59 Å². The predicted molar refractivity (Wildman–Crippen MR) is 79.6 cm³/mol. The lowest BCUT2D eigenvalue weighted by Gasteiger charge is -2.41. The van der Waals surface area contributed by atoms with Crippen LogP contribution in [0.2, 0.25) is 0 Å². The second-order valence-corrected chi connectivity index (χ2v) is 6.11. The molecule has 1 aromatic rings. The summed E-state index contributed by atoms with van der Waals surface area (Å²) in [4.78, 5) is 37.5. The molecule has 1 aromatic carbocycles. The first-order valence-electron chi connectivity index (χ1n) is 6.70. The van der Waals surface area contributed by atoms with E-state index in [0.29, 0.717) is 12.0 Å².